The van der Waals surface area contributed by atoms with Crippen molar-refractivity contribution < 1.29 is 4.79 Å². The van der Waals surface area contributed by atoms with E-state index in [4.69, 9.17) is 0 Å². The van der Waals surface area contributed by atoms with E-state index in [0.717, 1.165) is 5.56 Å². The number of carbonyl (C=O) groups is 1. The Labute approximate surface area is 96.6 Å². The van der Waals surface area contributed by atoms with Gasteiger partial charge < -0.3 is 5.32 Å². The molecule has 2 rings (SSSR count). The fourth-order valence-electron chi connectivity index (χ4n) is 1.42. The van der Waals surface area contributed by atoms with Crippen molar-refractivity contribution in [2.24, 2.45) is 0 Å². The zero-order valence-corrected chi connectivity index (χ0v) is 9.90. The number of carbonyl (C=O) groups excluding carboxylic acids is 1. The highest BCUT2D eigenvalue weighted by Gasteiger charge is 2.15. The first-order valence-electron chi connectivity index (χ1n) is 4.60. The van der Waals surface area contributed by atoms with Gasteiger partial charge in [0.2, 0.25) is 5.91 Å². The molecule has 0 aliphatic rings. The van der Waals surface area contributed by atoms with E-state index in [1.165, 1.54) is 4.88 Å². The summed E-state index contributed by atoms with van der Waals surface area (Å²) in [6.45, 7) is 1.55. The Balaban J connectivity index is 2.29. The molecule has 0 saturated heterocycles. The second-order valence-corrected chi connectivity index (χ2v) is 4.96. The summed E-state index contributed by atoms with van der Waals surface area (Å²) < 4.78 is 0. The molecular formula is C11H11NOS2. The molecule has 2 aromatic heterocycles. The molecule has 0 fully saturated rings. The lowest BCUT2D eigenvalue weighted by atomic mass is 10.1. The van der Waals surface area contributed by atoms with Gasteiger partial charge in [-0.2, -0.15) is 11.3 Å². The fraction of sp³-hybridized carbons (Fsp3) is 0.182. The first kappa shape index (κ1) is 10.4. The van der Waals surface area contributed by atoms with Crippen molar-refractivity contribution in [1.82, 2.24) is 5.32 Å². The zero-order chi connectivity index (χ0) is 10.7. The standard InChI is InChI=1S/C11H11NOS2/c1-8(13)12-11(9-4-6-14-7-9)10-3-2-5-15-10/h2-7,11H,1H3,(H,12,13). The number of nitrogens with one attached hydrogen (secondary N) is 1. The van der Waals surface area contributed by atoms with E-state index < -0.39 is 0 Å². The SMILES string of the molecule is CC(=O)NC(c1ccsc1)c1cccs1. The Hall–Kier alpha value is -1.13. The van der Waals surface area contributed by atoms with Gasteiger partial charge in [0.05, 0.1) is 6.04 Å². The Morgan fingerprint density at radius 2 is 2.27 bits per heavy atom. The molecule has 78 valence electrons. The van der Waals surface area contributed by atoms with Crippen LogP contribution < -0.4 is 5.32 Å². The molecule has 0 aliphatic carbocycles. The van der Waals surface area contributed by atoms with Crippen LogP contribution in [0.25, 0.3) is 0 Å². The Morgan fingerprint density at radius 3 is 2.80 bits per heavy atom. The van der Waals surface area contributed by atoms with Gasteiger partial charge in [0.15, 0.2) is 0 Å². The minimum absolute atomic E-state index is 0.000370. The van der Waals surface area contributed by atoms with E-state index in [2.05, 4.69) is 10.7 Å². The number of thiophene rings is 2. The van der Waals surface area contributed by atoms with Gasteiger partial charge in [-0.1, -0.05) is 6.07 Å². The van der Waals surface area contributed by atoms with Crippen molar-refractivity contribution in [3.8, 4) is 0 Å². The molecule has 0 aromatic carbocycles. The van der Waals surface area contributed by atoms with E-state index in [1.807, 2.05) is 29.0 Å². The highest BCUT2D eigenvalue weighted by Crippen LogP contribution is 2.27. The third-order valence-electron chi connectivity index (χ3n) is 2.05. The molecular weight excluding hydrogens is 226 g/mol. The number of amides is 1. The largest absolute Gasteiger partial charge is 0.345 e. The van der Waals surface area contributed by atoms with E-state index in [1.54, 1.807) is 29.6 Å². The molecule has 4 heteroatoms. The molecule has 0 aliphatic heterocycles. The molecule has 2 heterocycles. The fourth-order valence-corrected chi connectivity index (χ4v) is 2.91. The van der Waals surface area contributed by atoms with Crippen molar-refractivity contribution in [1.29, 1.82) is 0 Å². The van der Waals surface area contributed by atoms with E-state index in [9.17, 15) is 4.79 Å². The molecule has 0 bridgehead atoms. The van der Waals surface area contributed by atoms with Gasteiger partial charge in [-0.15, -0.1) is 11.3 Å². The van der Waals surface area contributed by atoms with Gasteiger partial charge in [-0.3, -0.25) is 4.79 Å². The molecule has 1 amide bonds. The zero-order valence-electron chi connectivity index (χ0n) is 8.27. The van der Waals surface area contributed by atoms with Crippen molar-refractivity contribution in [2.75, 3.05) is 0 Å². The predicted octanol–water partition coefficient (Wildman–Crippen LogP) is 3.04. The van der Waals surface area contributed by atoms with Gasteiger partial charge in [-0.25, -0.2) is 0 Å². The first-order valence-corrected chi connectivity index (χ1v) is 6.42. The second kappa shape index (κ2) is 4.59. The summed E-state index contributed by atoms with van der Waals surface area (Å²) in [5.74, 6) is -0.000370. The Kier molecular flexibility index (Phi) is 3.18. The van der Waals surface area contributed by atoms with Crippen molar-refractivity contribution >= 4 is 28.6 Å². The molecule has 15 heavy (non-hydrogen) atoms. The minimum atomic E-state index is -0.000370. The molecule has 1 unspecified atom stereocenters. The maximum Gasteiger partial charge on any atom is 0.217 e. The van der Waals surface area contributed by atoms with Crippen LogP contribution in [0.1, 0.15) is 23.4 Å². The molecule has 1 N–H and O–H groups in total. The number of hydrogen-bond acceptors (Lipinski definition) is 3. The van der Waals surface area contributed by atoms with Crippen LogP contribution >= 0.6 is 22.7 Å². The van der Waals surface area contributed by atoms with E-state index >= 15 is 0 Å². The van der Waals surface area contributed by atoms with Crippen molar-refractivity contribution in [3.05, 3.63) is 44.8 Å². The number of hydrogen-bond donors (Lipinski definition) is 1. The molecule has 2 aromatic rings. The van der Waals surface area contributed by atoms with Crippen molar-refractivity contribution in [3.63, 3.8) is 0 Å². The number of rotatable bonds is 3. The van der Waals surface area contributed by atoms with E-state index in [0.29, 0.717) is 0 Å². The highest BCUT2D eigenvalue weighted by atomic mass is 32.1. The average Bonchev–Trinajstić information content (AvgIpc) is 2.87. The molecule has 0 spiro atoms. The predicted molar refractivity (Wildman–Crippen MR) is 64.3 cm³/mol. The third kappa shape index (κ3) is 2.46. The van der Waals surface area contributed by atoms with Crippen LogP contribution in [-0.4, -0.2) is 5.91 Å². The monoisotopic (exact) mass is 237 g/mol. The van der Waals surface area contributed by atoms with Crippen LogP contribution in [0.4, 0.5) is 0 Å². The average molecular weight is 237 g/mol. The third-order valence-corrected chi connectivity index (χ3v) is 3.69. The topological polar surface area (TPSA) is 29.1 Å². The first-order chi connectivity index (χ1) is 7.27. The lowest BCUT2D eigenvalue weighted by Crippen LogP contribution is -2.25. The maximum absolute atomic E-state index is 11.1. The summed E-state index contributed by atoms with van der Waals surface area (Å²) in [6.07, 6.45) is 0. The van der Waals surface area contributed by atoms with Crippen LogP contribution in [0.2, 0.25) is 0 Å². The minimum Gasteiger partial charge on any atom is -0.345 e. The molecule has 0 saturated carbocycles. The normalized spacial score (nSPS) is 12.3. The van der Waals surface area contributed by atoms with Gasteiger partial charge in [-0.05, 0) is 33.8 Å². The Morgan fingerprint density at radius 1 is 1.40 bits per heavy atom. The quantitative estimate of drug-likeness (QED) is 0.873. The van der Waals surface area contributed by atoms with Crippen LogP contribution in [0.5, 0.6) is 0 Å². The van der Waals surface area contributed by atoms with E-state index in [-0.39, 0.29) is 11.9 Å². The summed E-state index contributed by atoms with van der Waals surface area (Å²) in [6, 6.07) is 6.10. The summed E-state index contributed by atoms with van der Waals surface area (Å²) in [5.41, 5.74) is 1.15. The molecule has 0 radical (unpaired) electrons. The maximum atomic E-state index is 11.1. The Bertz CT molecular complexity index is 385. The van der Waals surface area contributed by atoms with Crippen LogP contribution in [0.3, 0.4) is 0 Å². The summed E-state index contributed by atoms with van der Waals surface area (Å²) in [5, 5.41) is 9.08. The summed E-state index contributed by atoms with van der Waals surface area (Å²) >= 11 is 3.31. The lowest BCUT2D eigenvalue weighted by molar-refractivity contribution is -0.119. The van der Waals surface area contributed by atoms with Crippen LogP contribution in [0.15, 0.2) is 34.3 Å². The summed E-state index contributed by atoms with van der Waals surface area (Å²) in [7, 11) is 0. The van der Waals surface area contributed by atoms with Gasteiger partial charge in [0.1, 0.15) is 0 Å². The van der Waals surface area contributed by atoms with Crippen molar-refractivity contribution in [2.45, 2.75) is 13.0 Å². The van der Waals surface area contributed by atoms with Gasteiger partial charge >= 0.3 is 0 Å². The smallest absolute Gasteiger partial charge is 0.217 e. The summed E-state index contributed by atoms with van der Waals surface area (Å²) in [4.78, 5) is 12.3. The lowest BCUT2D eigenvalue weighted by Gasteiger charge is -2.14. The van der Waals surface area contributed by atoms with Gasteiger partial charge in [0.25, 0.3) is 0 Å². The second-order valence-electron chi connectivity index (χ2n) is 3.21. The van der Waals surface area contributed by atoms with Crippen LogP contribution in [-0.2, 0) is 4.79 Å². The highest BCUT2D eigenvalue weighted by molar-refractivity contribution is 7.10. The molecule has 2 nitrogen and oxygen atoms in total. The molecule has 1 atom stereocenters. The van der Waals surface area contributed by atoms with Crippen LogP contribution in [0, 0.1) is 0 Å². The van der Waals surface area contributed by atoms with Gasteiger partial charge in [0, 0.05) is 11.8 Å².